The van der Waals surface area contributed by atoms with Gasteiger partial charge in [0, 0.05) is 25.9 Å². The molecule has 6 nitrogen and oxygen atoms in total. The maximum atomic E-state index is 4.39. The van der Waals surface area contributed by atoms with Crippen LogP contribution in [0, 0.1) is 0 Å². The van der Waals surface area contributed by atoms with Crippen LogP contribution in [0.4, 0.5) is 17.3 Å². The highest BCUT2D eigenvalue weighted by Gasteiger charge is 2.07. The Morgan fingerprint density at radius 2 is 2.00 bits per heavy atom. The van der Waals surface area contributed by atoms with Crippen LogP contribution in [0.15, 0.2) is 18.6 Å². The lowest BCUT2D eigenvalue weighted by Gasteiger charge is -2.07. The van der Waals surface area contributed by atoms with E-state index in [1.54, 1.807) is 11.0 Å². The molecule has 0 unspecified atom stereocenters. The molecular formula is C13H20N6. The third-order valence-corrected chi connectivity index (χ3v) is 2.73. The average Bonchev–Trinajstić information content (AvgIpc) is 2.77. The van der Waals surface area contributed by atoms with Gasteiger partial charge in [-0.05, 0) is 12.8 Å². The van der Waals surface area contributed by atoms with Gasteiger partial charge in [0.15, 0.2) is 0 Å². The number of hydrogen-bond donors (Lipinski definition) is 2. The number of nitrogens with one attached hydrogen (secondary N) is 2. The Balaban J connectivity index is 2.13. The Morgan fingerprint density at radius 1 is 1.21 bits per heavy atom. The SMILES string of the molecule is CCCNc1cc(Nc2cn(C)nc2CC)ncn1. The minimum Gasteiger partial charge on any atom is -0.370 e. The van der Waals surface area contributed by atoms with E-state index in [1.807, 2.05) is 19.3 Å². The zero-order chi connectivity index (χ0) is 13.7. The van der Waals surface area contributed by atoms with Crippen LogP contribution in [-0.2, 0) is 13.5 Å². The highest BCUT2D eigenvalue weighted by molar-refractivity contribution is 5.60. The molecular weight excluding hydrogens is 240 g/mol. The number of aryl methyl sites for hydroxylation is 2. The fraction of sp³-hybridized carbons (Fsp3) is 0.462. The molecule has 2 aromatic rings. The fourth-order valence-electron chi connectivity index (χ4n) is 1.81. The molecule has 0 aliphatic heterocycles. The highest BCUT2D eigenvalue weighted by atomic mass is 15.3. The van der Waals surface area contributed by atoms with Crippen molar-refractivity contribution < 1.29 is 0 Å². The number of hydrogen-bond acceptors (Lipinski definition) is 5. The summed E-state index contributed by atoms with van der Waals surface area (Å²) < 4.78 is 1.80. The minimum atomic E-state index is 0.774. The molecule has 0 atom stereocenters. The van der Waals surface area contributed by atoms with Crippen molar-refractivity contribution in [3.05, 3.63) is 24.3 Å². The summed E-state index contributed by atoms with van der Waals surface area (Å²) in [6.07, 6.45) is 5.47. The fourth-order valence-corrected chi connectivity index (χ4v) is 1.81. The van der Waals surface area contributed by atoms with Crippen LogP contribution in [0.3, 0.4) is 0 Å². The molecule has 2 rings (SSSR count). The van der Waals surface area contributed by atoms with Crippen LogP contribution in [0.1, 0.15) is 26.0 Å². The van der Waals surface area contributed by atoms with Gasteiger partial charge in [-0.3, -0.25) is 4.68 Å². The molecule has 0 aliphatic carbocycles. The summed E-state index contributed by atoms with van der Waals surface area (Å²) in [7, 11) is 1.92. The molecule has 2 heterocycles. The number of rotatable bonds is 6. The van der Waals surface area contributed by atoms with E-state index in [0.717, 1.165) is 42.4 Å². The van der Waals surface area contributed by atoms with E-state index < -0.39 is 0 Å². The molecule has 19 heavy (non-hydrogen) atoms. The predicted octanol–water partition coefficient (Wildman–Crippen LogP) is 2.34. The van der Waals surface area contributed by atoms with E-state index in [-0.39, 0.29) is 0 Å². The van der Waals surface area contributed by atoms with Crippen molar-refractivity contribution >= 4 is 17.3 Å². The van der Waals surface area contributed by atoms with Crippen molar-refractivity contribution in [3.8, 4) is 0 Å². The Hall–Kier alpha value is -2.11. The monoisotopic (exact) mass is 260 g/mol. The Labute approximate surface area is 113 Å². The molecule has 2 aromatic heterocycles. The van der Waals surface area contributed by atoms with E-state index in [4.69, 9.17) is 0 Å². The second-order valence-electron chi connectivity index (χ2n) is 4.36. The van der Waals surface area contributed by atoms with E-state index in [9.17, 15) is 0 Å². The quantitative estimate of drug-likeness (QED) is 0.834. The Kier molecular flexibility index (Phi) is 4.33. The van der Waals surface area contributed by atoms with Gasteiger partial charge in [0.2, 0.25) is 0 Å². The van der Waals surface area contributed by atoms with Gasteiger partial charge in [-0.1, -0.05) is 13.8 Å². The maximum Gasteiger partial charge on any atom is 0.135 e. The van der Waals surface area contributed by atoms with Gasteiger partial charge in [0.25, 0.3) is 0 Å². The zero-order valence-corrected chi connectivity index (χ0v) is 11.6. The topological polar surface area (TPSA) is 67.7 Å². The van der Waals surface area contributed by atoms with Crippen LogP contribution in [-0.4, -0.2) is 26.3 Å². The van der Waals surface area contributed by atoms with Crippen LogP contribution in [0.2, 0.25) is 0 Å². The van der Waals surface area contributed by atoms with Gasteiger partial charge in [0.05, 0.1) is 11.4 Å². The molecule has 0 aromatic carbocycles. The molecule has 2 N–H and O–H groups in total. The van der Waals surface area contributed by atoms with Gasteiger partial charge in [-0.2, -0.15) is 5.10 Å². The largest absolute Gasteiger partial charge is 0.370 e. The zero-order valence-electron chi connectivity index (χ0n) is 11.6. The Morgan fingerprint density at radius 3 is 2.74 bits per heavy atom. The third-order valence-electron chi connectivity index (χ3n) is 2.73. The first-order valence-electron chi connectivity index (χ1n) is 6.58. The summed E-state index contributed by atoms with van der Waals surface area (Å²) in [4.78, 5) is 8.41. The van der Waals surface area contributed by atoms with E-state index >= 15 is 0 Å². The first kappa shape index (κ1) is 13.3. The van der Waals surface area contributed by atoms with Gasteiger partial charge < -0.3 is 10.6 Å². The Bertz CT molecular complexity index is 534. The summed E-state index contributed by atoms with van der Waals surface area (Å²) in [6.45, 7) is 5.11. The second-order valence-corrected chi connectivity index (χ2v) is 4.36. The molecule has 0 amide bonds. The van der Waals surface area contributed by atoms with Crippen LogP contribution >= 0.6 is 0 Å². The highest BCUT2D eigenvalue weighted by Crippen LogP contribution is 2.19. The predicted molar refractivity (Wildman–Crippen MR) is 76.7 cm³/mol. The number of anilines is 3. The number of nitrogens with zero attached hydrogens (tertiary/aromatic N) is 4. The van der Waals surface area contributed by atoms with Crippen molar-refractivity contribution in [2.45, 2.75) is 26.7 Å². The lowest BCUT2D eigenvalue weighted by Crippen LogP contribution is -2.03. The van der Waals surface area contributed by atoms with Crippen LogP contribution in [0.5, 0.6) is 0 Å². The van der Waals surface area contributed by atoms with Gasteiger partial charge in [0.1, 0.15) is 18.0 Å². The molecule has 102 valence electrons. The van der Waals surface area contributed by atoms with E-state index in [2.05, 4.69) is 39.5 Å². The summed E-state index contributed by atoms with van der Waals surface area (Å²) in [6, 6.07) is 1.90. The third kappa shape index (κ3) is 3.43. The molecule has 0 aliphatic rings. The molecule has 0 spiro atoms. The first-order chi connectivity index (χ1) is 9.22. The molecule has 0 saturated carbocycles. The van der Waals surface area contributed by atoms with Crippen molar-refractivity contribution in [2.24, 2.45) is 7.05 Å². The lowest BCUT2D eigenvalue weighted by molar-refractivity contribution is 0.746. The van der Waals surface area contributed by atoms with Crippen LogP contribution in [0.25, 0.3) is 0 Å². The van der Waals surface area contributed by atoms with Crippen molar-refractivity contribution in [2.75, 3.05) is 17.2 Å². The first-order valence-corrected chi connectivity index (χ1v) is 6.58. The molecule has 0 fully saturated rings. The normalized spacial score (nSPS) is 10.5. The van der Waals surface area contributed by atoms with E-state index in [0.29, 0.717) is 0 Å². The van der Waals surface area contributed by atoms with Crippen LogP contribution < -0.4 is 10.6 Å². The molecule has 6 heteroatoms. The number of aromatic nitrogens is 4. The summed E-state index contributed by atoms with van der Waals surface area (Å²) in [5, 5.41) is 10.9. The molecule has 0 saturated heterocycles. The standard InChI is InChI=1S/C13H20N6/c1-4-6-14-12-7-13(16-9-15-12)17-11-8-19(3)18-10(11)5-2/h7-9H,4-6H2,1-3H3,(H2,14,15,16,17). The summed E-state index contributed by atoms with van der Waals surface area (Å²) in [5.74, 6) is 1.61. The summed E-state index contributed by atoms with van der Waals surface area (Å²) >= 11 is 0. The van der Waals surface area contributed by atoms with E-state index in [1.165, 1.54) is 0 Å². The van der Waals surface area contributed by atoms with Crippen molar-refractivity contribution in [1.29, 1.82) is 0 Å². The van der Waals surface area contributed by atoms with Gasteiger partial charge in [-0.15, -0.1) is 0 Å². The maximum absolute atomic E-state index is 4.39. The minimum absolute atomic E-state index is 0.774. The molecule has 0 radical (unpaired) electrons. The smallest absolute Gasteiger partial charge is 0.135 e. The van der Waals surface area contributed by atoms with Crippen molar-refractivity contribution in [3.63, 3.8) is 0 Å². The van der Waals surface area contributed by atoms with Gasteiger partial charge >= 0.3 is 0 Å². The average molecular weight is 260 g/mol. The molecule has 0 bridgehead atoms. The van der Waals surface area contributed by atoms with Gasteiger partial charge in [-0.25, -0.2) is 9.97 Å². The lowest BCUT2D eigenvalue weighted by atomic mass is 10.3. The second kappa shape index (κ2) is 6.17. The van der Waals surface area contributed by atoms with Crippen molar-refractivity contribution in [1.82, 2.24) is 19.7 Å². The summed E-state index contributed by atoms with van der Waals surface area (Å²) in [5.41, 5.74) is 2.02.